The molecule has 0 spiro atoms. The van der Waals surface area contributed by atoms with Gasteiger partial charge >= 0.3 is 0 Å². The molecule has 1 aliphatic carbocycles. The Balaban J connectivity index is 2.31. The SMILES string of the molecule is C[C@]12C[C@@H](c3ccccc3)[C@@](C#N)(C(=N)O1)C2(C#N)C#N. The molecule has 2 fully saturated rings. The van der Waals surface area contributed by atoms with Gasteiger partial charge in [0, 0.05) is 5.92 Å². The molecular weight excluding hydrogens is 264 g/mol. The van der Waals surface area contributed by atoms with Crippen molar-refractivity contribution in [2.75, 3.05) is 0 Å². The summed E-state index contributed by atoms with van der Waals surface area (Å²) in [6.07, 6.45) is 0.369. The summed E-state index contributed by atoms with van der Waals surface area (Å²) in [4.78, 5) is 0. The highest BCUT2D eigenvalue weighted by Gasteiger charge is 2.82. The van der Waals surface area contributed by atoms with Gasteiger partial charge in [-0.2, -0.15) is 15.8 Å². The van der Waals surface area contributed by atoms with E-state index in [1.165, 1.54) is 0 Å². The van der Waals surface area contributed by atoms with Crippen molar-refractivity contribution in [1.29, 1.82) is 21.2 Å². The summed E-state index contributed by atoms with van der Waals surface area (Å²) in [7, 11) is 0. The maximum absolute atomic E-state index is 9.78. The van der Waals surface area contributed by atoms with Crippen LogP contribution in [0.5, 0.6) is 0 Å². The van der Waals surface area contributed by atoms with E-state index in [-0.39, 0.29) is 5.90 Å². The minimum Gasteiger partial charge on any atom is -0.471 e. The molecule has 0 aromatic heterocycles. The monoisotopic (exact) mass is 276 g/mol. The predicted molar refractivity (Wildman–Crippen MR) is 72.7 cm³/mol. The van der Waals surface area contributed by atoms with E-state index in [0.717, 1.165) is 5.56 Å². The van der Waals surface area contributed by atoms with Crippen LogP contribution in [0.3, 0.4) is 0 Å². The highest BCUT2D eigenvalue weighted by atomic mass is 16.5. The minimum absolute atomic E-state index is 0.268. The van der Waals surface area contributed by atoms with Gasteiger partial charge in [-0.15, -0.1) is 0 Å². The molecule has 3 rings (SSSR count). The summed E-state index contributed by atoms with van der Waals surface area (Å²) in [6.45, 7) is 1.65. The molecule has 21 heavy (non-hydrogen) atoms. The number of rotatable bonds is 1. The summed E-state index contributed by atoms with van der Waals surface area (Å²) < 4.78 is 5.51. The van der Waals surface area contributed by atoms with Crippen molar-refractivity contribution in [3.05, 3.63) is 35.9 Å². The molecule has 1 aromatic carbocycles. The third kappa shape index (κ3) is 1.17. The van der Waals surface area contributed by atoms with Crippen LogP contribution in [-0.4, -0.2) is 11.5 Å². The minimum atomic E-state index is -1.66. The topological polar surface area (TPSA) is 104 Å². The first kappa shape index (κ1) is 13.2. The molecule has 1 saturated carbocycles. The van der Waals surface area contributed by atoms with Crippen molar-refractivity contribution < 1.29 is 4.74 Å². The molecule has 0 radical (unpaired) electrons. The second kappa shape index (κ2) is 3.84. The lowest BCUT2D eigenvalue weighted by atomic mass is 9.62. The summed E-state index contributed by atoms with van der Waals surface area (Å²) in [5.74, 6) is -0.662. The number of hydrogen-bond acceptors (Lipinski definition) is 5. The second-order valence-corrected chi connectivity index (χ2v) is 5.72. The fourth-order valence-corrected chi connectivity index (χ4v) is 3.83. The number of fused-ring (bicyclic) bond motifs is 2. The van der Waals surface area contributed by atoms with Gasteiger partial charge in [0.25, 0.3) is 0 Å². The summed E-state index contributed by atoms with van der Waals surface area (Å²) >= 11 is 0. The average molecular weight is 276 g/mol. The maximum atomic E-state index is 9.78. The van der Waals surface area contributed by atoms with E-state index in [2.05, 4.69) is 6.07 Å². The van der Waals surface area contributed by atoms with Gasteiger partial charge in [0.2, 0.25) is 11.3 Å². The number of nitriles is 3. The van der Waals surface area contributed by atoms with Crippen LogP contribution in [0, 0.1) is 50.2 Å². The van der Waals surface area contributed by atoms with Crippen molar-refractivity contribution in [3.63, 3.8) is 0 Å². The van der Waals surface area contributed by atoms with E-state index < -0.39 is 22.3 Å². The number of nitrogens with zero attached hydrogens (tertiary/aromatic N) is 3. The third-order valence-electron chi connectivity index (χ3n) is 4.90. The maximum Gasteiger partial charge on any atom is 0.210 e. The summed E-state index contributed by atoms with van der Waals surface area (Å²) in [5.41, 5.74) is -3.49. The molecule has 5 nitrogen and oxygen atoms in total. The smallest absolute Gasteiger partial charge is 0.210 e. The fourth-order valence-electron chi connectivity index (χ4n) is 3.83. The van der Waals surface area contributed by atoms with Crippen molar-refractivity contribution in [2.24, 2.45) is 10.8 Å². The third-order valence-corrected chi connectivity index (χ3v) is 4.90. The molecule has 1 aliphatic heterocycles. The van der Waals surface area contributed by atoms with Crippen molar-refractivity contribution in [1.82, 2.24) is 0 Å². The van der Waals surface area contributed by atoms with Crippen LogP contribution in [-0.2, 0) is 4.74 Å². The Morgan fingerprint density at radius 1 is 1.14 bits per heavy atom. The van der Waals surface area contributed by atoms with Crippen molar-refractivity contribution >= 4 is 5.90 Å². The van der Waals surface area contributed by atoms with Crippen LogP contribution in [0.25, 0.3) is 0 Å². The van der Waals surface area contributed by atoms with E-state index in [1.807, 2.05) is 42.5 Å². The average Bonchev–Trinajstić information content (AvgIpc) is 2.84. The number of ether oxygens (including phenoxy) is 1. The van der Waals surface area contributed by atoms with Gasteiger partial charge in [-0.25, -0.2) is 0 Å². The molecule has 1 aromatic rings. The van der Waals surface area contributed by atoms with Gasteiger partial charge in [-0.3, -0.25) is 5.41 Å². The zero-order valence-corrected chi connectivity index (χ0v) is 11.4. The van der Waals surface area contributed by atoms with E-state index in [4.69, 9.17) is 10.1 Å². The predicted octanol–water partition coefficient (Wildman–Crippen LogP) is 2.48. The zero-order valence-electron chi connectivity index (χ0n) is 11.4. The lowest BCUT2D eigenvalue weighted by molar-refractivity contribution is 0.0527. The standard InChI is InChI=1S/C16H12N4O/c1-14-7-12(11-5-3-2-4-6-11)16(10-19,13(20)21-14)15(14,8-17)9-18/h2-6,12,20H,7H2,1H3/t12-,14+,16-/m0/s1. The molecule has 1 N–H and O–H groups in total. The number of benzene rings is 1. The first-order chi connectivity index (χ1) is 10.0. The lowest BCUT2D eigenvalue weighted by Gasteiger charge is -2.30. The van der Waals surface area contributed by atoms with Gasteiger partial charge in [0.05, 0.1) is 18.2 Å². The van der Waals surface area contributed by atoms with E-state index >= 15 is 0 Å². The second-order valence-electron chi connectivity index (χ2n) is 5.72. The van der Waals surface area contributed by atoms with Gasteiger partial charge in [-0.1, -0.05) is 30.3 Å². The molecule has 5 heteroatoms. The normalized spacial score (nSPS) is 35.3. The van der Waals surface area contributed by atoms with Gasteiger partial charge in [0.1, 0.15) is 5.60 Å². The molecule has 102 valence electrons. The molecule has 3 atom stereocenters. The van der Waals surface area contributed by atoms with Crippen LogP contribution >= 0.6 is 0 Å². The van der Waals surface area contributed by atoms with Gasteiger partial charge in [-0.05, 0) is 18.9 Å². The van der Waals surface area contributed by atoms with Crippen LogP contribution in [0.1, 0.15) is 24.8 Å². The Morgan fingerprint density at radius 2 is 1.76 bits per heavy atom. The largest absolute Gasteiger partial charge is 0.471 e. The Labute approximate surface area is 122 Å². The van der Waals surface area contributed by atoms with E-state index in [0.29, 0.717) is 6.42 Å². The van der Waals surface area contributed by atoms with Crippen LogP contribution in [0.15, 0.2) is 30.3 Å². The Morgan fingerprint density at radius 3 is 2.29 bits per heavy atom. The molecule has 0 unspecified atom stereocenters. The zero-order chi connectivity index (χ0) is 15.3. The van der Waals surface area contributed by atoms with Crippen LogP contribution in [0.2, 0.25) is 0 Å². The first-order valence-corrected chi connectivity index (χ1v) is 6.58. The van der Waals surface area contributed by atoms with Crippen LogP contribution < -0.4 is 0 Å². The Bertz CT molecular complexity index is 737. The Hall–Kier alpha value is -2.84. The molecule has 0 amide bonds. The van der Waals surface area contributed by atoms with Crippen molar-refractivity contribution in [3.8, 4) is 18.2 Å². The number of nitrogens with one attached hydrogen (secondary N) is 1. The van der Waals surface area contributed by atoms with E-state index in [9.17, 15) is 15.8 Å². The molecule has 1 saturated heterocycles. The molecule has 2 bridgehead atoms. The van der Waals surface area contributed by atoms with Crippen molar-refractivity contribution in [2.45, 2.75) is 24.9 Å². The van der Waals surface area contributed by atoms with Gasteiger partial charge < -0.3 is 4.74 Å². The Kier molecular flexibility index (Phi) is 2.41. The first-order valence-electron chi connectivity index (χ1n) is 6.58. The lowest BCUT2D eigenvalue weighted by Crippen LogP contribution is -2.43. The summed E-state index contributed by atoms with van der Waals surface area (Å²) in [5, 5.41) is 37.2. The number of hydrogen-bond donors (Lipinski definition) is 1. The van der Waals surface area contributed by atoms with Gasteiger partial charge in [0.15, 0.2) is 5.41 Å². The summed E-state index contributed by atoms with van der Waals surface area (Å²) in [6, 6.07) is 15.4. The fraction of sp³-hybridized carbons (Fsp3) is 0.375. The molecule has 1 heterocycles. The van der Waals surface area contributed by atoms with E-state index in [1.54, 1.807) is 6.92 Å². The van der Waals surface area contributed by atoms with Crippen LogP contribution in [0.4, 0.5) is 0 Å². The molecular formula is C16H12N4O. The quantitative estimate of drug-likeness (QED) is 0.850. The highest BCUT2D eigenvalue weighted by Crippen LogP contribution is 2.70. The molecule has 2 aliphatic rings. The highest BCUT2D eigenvalue weighted by molar-refractivity contribution is 5.92.